The summed E-state index contributed by atoms with van der Waals surface area (Å²) in [6, 6.07) is 6.21. The van der Waals surface area contributed by atoms with E-state index in [9.17, 15) is 5.21 Å². The molecule has 6 heteroatoms. The van der Waals surface area contributed by atoms with Gasteiger partial charge in [0.15, 0.2) is 0 Å². The molecule has 0 unspecified atom stereocenters. The zero-order chi connectivity index (χ0) is 12.0. The normalized spacial score (nSPS) is 10.2. The largest absolute Gasteiger partial charge is 0.733 e. The van der Waals surface area contributed by atoms with Crippen LogP contribution in [0, 0.1) is 5.21 Å². The number of anilines is 2. The van der Waals surface area contributed by atoms with Crippen molar-refractivity contribution in [2.24, 2.45) is 0 Å². The highest BCUT2D eigenvalue weighted by atomic mass is 16.8. The van der Waals surface area contributed by atoms with Gasteiger partial charge in [-0.05, 0) is 24.3 Å². The summed E-state index contributed by atoms with van der Waals surface area (Å²) in [6.45, 7) is 0.769. The molecule has 16 heavy (non-hydrogen) atoms. The zero-order valence-electron chi connectivity index (χ0n) is 8.78. The average Bonchev–Trinajstić information content (AvgIpc) is 2.29. The number of benzene rings is 1. The smallest absolute Gasteiger partial charge is 0.0606 e. The van der Waals surface area contributed by atoms with Gasteiger partial charge in [-0.15, -0.1) is 0 Å². The van der Waals surface area contributed by atoms with Gasteiger partial charge in [0.1, 0.15) is 0 Å². The Morgan fingerprint density at radius 2 is 1.38 bits per heavy atom. The molecule has 0 fully saturated rings. The Hall–Kier alpha value is -1.34. The highest BCUT2D eigenvalue weighted by Crippen LogP contribution is 2.19. The summed E-state index contributed by atoms with van der Waals surface area (Å²) in [6.07, 6.45) is 0. The van der Waals surface area contributed by atoms with Crippen LogP contribution in [0.3, 0.4) is 0 Å². The monoisotopic (exact) mass is 227 g/mol. The van der Waals surface area contributed by atoms with Gasteiger partial charge in [0.25, 0.3) is 0 Å². The van der Waals surface area contributed by atoms with E-state index in [0.717, 1.165) is 5.69 Å². The van der Waals surface area contributed by atoms with E-state index in [-0.39, 0.29) is 24.1 Å². The Bertz CT molecular complexity index is 296. The number of rotatable bonds is 6. The molecule has 1 rings (SSSR count). The summed E-state index contributed by atoms with van der Waals surface area (Å²) in [7, 11) is 0. The maximum atomic E-state index is 10.6. The van der Waals surface area contributed by atoms with Crippen LogP contribution in [0.1, 0.15) is 0 Å². The Labute approximate surface area is 93.5 Å². The maximum Gasteiger partial charge on any atom is 0.0606 e. The molecule has 6 nitrogen and oxygen atoms in total. The van der Waals surface area contributed by atoms with Gasteiger partial charge in [0.2, 0.25) is 0 Å². The number of aliphatic hydroxyl groups excluding tert-OH is 2. The average molecular weight is 227 g/mol. The number of aliphatic hydroxyl groups is 2. The second-order valence-electron chi connectivity index (χ2n) is 3.22. The molecule has 0 amide bonds. The molecule has 0 aliphatic rings. The fraction of sp³-hybridized carbons (Fsp3) is 0.400. The fourth-order valence-electron chi connectivity index (χ4n) is 1.40. The van der Waals surface area contributed by atoms with Crippen molar-refractivity contribution in [3.05, 3.63) is 29.5 Å². The van der Waals surface area contributed by atoms with Crippen LogP contribution in [0.5, 0.6) is 0 Å². The molecular formula is C10H15N2O4-. The molecule has 1 aromatic carbocycles. The first-order valence-corrected chi connectivity index (χ1v) is 4.92. The summed E-state index contributed by atoms with van der Waals surface area (Å²) in [5.41, 5.74) is 0.908. The minimum atomic E-state index is -0.216. The lowest BCUT2D eigenvalue weighted by molar-refractivity contribution is 0.281. The molecule has 0 aromatic heterocycles. The van der Waals surface area contributed by atoms with Gasteiger partial charge in [0.05, 0.1) is 18.9 Å². The zero-order valence-corrected chi connectivity index (χ0v) is 8.78. The van der Waals surface area contributed by atoms with Crippen molar-refractivity contribution in [2.45, 2.75) is 0 Å². The third-order valence-corrected chi connectivity index (χ3v) is 2.18. The quantitative estimate of drug-likeness (QED) is 0.600. The van der Waals surface area contributed by atoms with Gasteiger partial charge < -0.3 is 25.5 Å². The van der Waals surface area contributed by atoms with E-state index < -0.39 is 0 Å². The predicted octanol–water partition coefficient (Wildman–Crippen LogP) is 0.171. The Kier molecular flexibility index (Phi) is 5.00. The summed E-state index contributed by atoms with van der Waals surface area (Å²) in [5, 5.41) is 36.7. The van der Waals surface area contributed by atoms with Crippen LogP contribution in [-0.2, 0) is 0 Å². The third-order valence-electron chi connectivity index (χ3n) is 2.18. The SMILES string of the molecule is [O-]N(O)c1ccc(N(CCO)CCO)cc1. The third kappa shape index (κ3) is 3.35. The van der Waals surface area contributed by atoms with Crippen LogP contribution in [-0.4, -0.2) is 41.7 Å². The van der Waals surface area contributed by atoms with E-state index in [1.807, 2.05) is 0 Å². The van der Waals surface area contributed by atoms with Crippen molar-refractivity contribution in [1.29, 1.82) is 0 Å². The molecule has 0 aliphatic carbocycles. The van der Waals surface area contributed by atoms with Crippen molar-refractivity contribution < 1.29 is 15.4 Å². The summed E-state index contributed by atoms with van der Waals surface area (Å²) in [5.74, 6) is 0. The standard InChI is InChI=1S/C10H15N2O4/c13-7-5-11(6-8-14)9-1-3-10(4-2-9)12(15)16/h1-4,13-15H,5-8H2/q-1. The lowest BCUT2D eigenvalue weighted by Gasteiger charge is -2.25. The highest BCUT2D eigenvalue weighted by Gasteiger charge is 2.04. The molecular weight excluding hydrogens is 212 g/mol. The maximum absolute atomic E-state index is 10.6. The molecule has 0 atom stereocenters. The van der Waals surface area contributed by atoms with Crippen molar-refractivity contribution in [3.63, 3.8) is 0 Å². The Morgan fingerprint density at radius 1 is 0.938 bits per heavy atom. The van der Waals surface area contributed by atoms with Crippen LogP contribution < -0.4 is 10.1 Å². The van der Waals surface area contributed by atoms with Crippen LogP contribution in [0.2, 0.25) is 0 Å². The van der Waals surface area contributed by atoms with E-state index in [1.165, 1.54) is 12.1 Å². The van der Waals surface area contributed by atoms with E-state index >= 15 is 0 Å². The molecule has 0 saturated carbocycles. The van der Waals surface area contributed by atoms with Crippen molar-refractivity contribution in [3.8, 4) is 0 Å². The molecule has 0 aliphatic heterocycles. The number of hydrogen-bond donors (Lipinski definition) is 3. The Balaban J connectivity index is 2.76. The first kappa shape index (κ1) is 12.7. The van der Waals surface area contributed by atoms with Crippen molar-refractivity contribution in [2.75, 3.05) is 36.4 Å². The van der Waals surface area contributed by atoms with Gasteiger partial charge in [-0.1, -0.05) is 0 Å². The second kappa shape index (κ2) is 6.29. The molecule has 0 spiro atoms. The minimum absolute atomic E-state index is 0.0184. The molecule has 90 valence electrons. The van der Waals surface area contributed by atoms with E-state index in [4.69, 9.17) is 15.4 Å². The number of nitrogens with zero attached hydrogens (tertiary/aromatic N) is 2. The van der Waals surface area contributed by atoms with Gasteiger partial charge in [0, 0.05) is 18.8 Å². The summed E-state index contributed by atoms with van der Waals surface area (Å²) in [4.78, 5) is 1.77. The topological polar surface area (TPSA) is 90.2 Å². The summed E-state index contributed by atoms with van der Waals surface area (Å²) < 4.78 is 0. The lowest BCUT2D eigenvalue weighted by Crippen LogP contribution is -2.29. The van der Waals surface area contributed by atoms with Crippen molar-refractivity contribution in [1.82, 2.24) is 0 Å². The number of hydrogen-bond acceptors (Lipinski definition) is 6. The molecule has 0 radical (unpaired) electrons. The van der Waals surface area contributed by atoms with Crippen molar-refractivity contribution >= 4 is 11.4 Å². The molecule has 0 saturated heterocycles. The molecule has 3 N–H and O–H groups in total. The molecule has 1 aromatic rings. The predicted molar refractivity (Wildman–Crippen MR) is 60.5 cm³/mol. The van der Waals surface area contributed by atoms with E-state index in [2.05, 4.69) is 0 Å². The minimum Gasteiger partial charge on any atom is -0.733 e. The van der Waals surface area contributed by atoms with Crippen LogP contribution in [0.15, 0.2) is 24.3 Å². The van der Waals surface area contributed by atoms with Gasteiger partial charge >= 0.3 is 0 Å². The first-order valence-electron chi connectivity index (χ1n) is 4.92. The van der Waals surface area contributed by atoms with E-state index in [1.54, 1.807) is 17.0 Å². The summed E-state index contributed by atoms with van der Waals surface area (Å²) >= 11 is 0. The fourth-order valence-corrected chi connectivity index (χ4v) is 1.40. The van der Waals surface area contributed by atoms with Gasteiger partial charge in [-0.2, -0.15) is 0 Å². The molecule has 0 bridgehead atoms. The van der Waals surface area contributed by atoms with Crippen LogP contribution in [0.4, 0.5) is 11.4 Å². The highest BCUT2D eigenvalue weighted by molar-refractivity contribution is 5.55. The van der Waals surface area contributed by atoms with Crippen LogP contribution in [0.25, 0.3) is 0 Å². The lowest BCUT2D eigenvalue weighted by atomic mass is 10.2. The Morgan fingerprint density at radius 3 is 1.75 bits per heavy atom. The second-order valence-corrected chi connectivity index (χ2v) is 3.22. The van der Waals surface area contributed by atoms with Gasteiger partial charge in [-0.3, -0.25) is 5.21 Å². The van der Waals surface area contributed by atoms with E-state index in [0.29, 0.717) is 13.1 Å². The first-order chi connectivity index (χ1) is 7.69. The van der Waals surface area contributed by atoms with Crippen LogP contribution >= 0.6 is 0 Å². The molecule has 0 heterocycles. The van der Waals surface area contributed by atoms with Gasteiger partial charge in [-0.25, -0.2) is 0 Å².